The quantitative estimate of drug-likeness (QED) is 0.120. The minimum atomic E-state index is -0.286. The molecule has 22 rings (SSSR count). The van der Waals surface area contributed by atoms with Crippen LogP contribution in [0.3, 0.4) is 0 Å². The third-order valence-corrected chi connectivity index (χ3v) is 28.6. The van der Waals surface area contributed by atoms with Gasteiger partial charge in [0.15, 0.2) is 0 Å². The molecule has 2 aliphatic rings. The summed E-state index contributed by atoms with van der Waals surface area (Å²) in [7, 11) is 0. The number of benzene rings is 17. The van der Waals surface area contributed by atoms with Crippen molar-refractivity contribution in [1.82, 2.24) is 13.7 Å². The zero-order valence-electron chi connectivity index (χ0n) is 79.5. The van der Waals surface area contributed by atoms with Gasteiger partial charge in [0.1, 0.15) is 0 Å². The van der Waals surface area contributed by atoms with E-state index in [-0.39, 0.29) is 39.2 Å². The number of anilines is 6. The number of fused-ring (bicyclic) bond motifs is 13. The highest BCUT2D eigenvalue weighted by Gasteiger charge is 2.45. The predicted octanol–water partition coefficient (Wildman–Crippen LogP) is 32.8. The molecule has 20 aromatic rings. The van der Waals surface area contributed by atoms with Gasteiger partial charge in [-0.3, -0.25) is 0 Å². The summed E-state index contributed by atoms with van der Waals surface area (Å²) in [5, 5.41) is 7.49. The molecule has 0 amide bonds. The van der Waals surface area contributed by atoms with Crippen molar-refractivity contribution in [3.63, 3.8) is 0 Å². The first-order chi connectivity index (χ1) is 63.3. The molecule has 3 aromatic heterocycles. The van der Waals surface area contributed by atoms with E-state index >= 15 is 0 Å². The Morgan fingerprint density at radius 1 is 0.182 bits per heavy atom. The van der Waals surface area contributed by atoms with E-state index in [1.165, 1.54) is 160 Å². The summed E-state index contributed by atoms with van der Waals surface area (Å²) in [6.45, 7) is 41.9. The second-order valence-corrected chi connectivity index (χ2v) is 43.4. The summed E-state index contributed by atoms with van der Waals surface area (Å²) in [6.07, 6.45) is 0. The second-order valence-electron chi connectivity index (χ2n) is 43.4. The molecule has 0 fully saturated rings. The molecule has 0 atom stereocenters. The lowest BCUT2D eigenvalue weighted by molar-refractivity contribution is 0.590. The van der Waals surface area contributed by atoms with Crippen LogP contribution in [0.1, 0.15) is 158 Å². The fraction of sp³-hybridized carbons (Fsp3) is 0.190. The third-order valence-electron chi connectivity index (χ3n) is 28.6. The summed E-state index contributed by atoms with van der Waals surface area (Å²) in [5.74, 6) is 0. The SMILES string of the molecule is CC(C)(C)c1ccc2c(c1)c1cc(C(C)(C)C)ccc1n2-c1ccc2c(c1)N(c1ccc(-c3c(-c4ccccc4)cccc3-c3ccccc3)cc1)c1cc(-n3c4ccc(C(C)(C)C)cc4c4cc(C(C)(C)C)ccc43)cc3c1B2c1ccc(-n2c4ccc(C(C)(C)C)cc4c4cc(C(C)(C)C)ccc42)cc1N3c1ccc(-c2c(-c3ccccc3)cccc2-c2ccccc2)cc1. The first-order valence-corrected chi connectivity index (χ1v) is 47.3. The zero-order valence-corrected chi connectivity index (χ0v) is 79.5. The maximum Gasteiger partial charge on any atom is 0.252 e. The van der Waals surface area contributed by atoms with E-state index in [0.717, 1.165) is 73.3 Å². The van der Waals surface area contributed by atoms with Crippen molar-refractivity contribution in [2.24, 2.45) is 0 Å². The molecule has 5 heterocycles. The molecule has 5 nitrogen and oxygen atoms in total. The smallest absolute Gasteiger partial charge is 0.252 e. The Morgan fingerprint density at radius 2 is 0.409 bits per heavy atom. The van der Waals surface area contributed by atoms with Crippen molar-refractivity contribution < 1.29 is 0 Å². The molecule has 0 aliphatic carbocycles. The fourth-order valence-corrected chi connectivity index (χ4v) is 21.3. The Labute approximate surface area is 779 Å². The lowest BCUT2D eigenvalue weighted by Gasteiger charge is -2.44. The summed E-state index contributed by atoms with van der Waals surface area (Å²) < 4.78 is 7.74. The fourth-order valence-electron chi connectivity index (χ4n) is 21.3. The van der Waals surface area contributed by atoms with Crippen molar-refractivity contribution >= 4 is 123 Å². The molecule has 132 heavy (non-hydrogen) atoms. The van der Waals surface area contributed by atoms with Gasteiger partial charge in [0.2, 0.25) is 0 Å². The monoisotopic (exact) mass is 1710 g/mol. The van der Waals surface area contributed by atoms with Crippen LogP contribution in [0, 0.1) is 0 Å². The lowest BCUT2D eigenvalue weighted by atomic mass is 9.33. The Bertz CT molecular complexity index is 7290. The van der Waals surface area contributed by atoms with Crippen LogP contribution in [-0.2, 0) is 32.5 Å². The number of rotatable bonds is 11. The van der Waals surface area contributed by atoms with Gasteiger partial charge in [0.25, 0.3) is 6.71 Å². The Kier molecular flexibility index (Phi) is 19.4. The van der Waals surface area contributed by atoms with Crippen LogP contribution < -0.4 is 26.2 Å². The number of nitrogens with zero attached hydrogens (tertiary/aromatic N) is 5. The van der Waals surface area contributed by atoms with Gasteiger partial charge in [0.05, 0.1) is 38.8 Å². The summed E-state index contributed by atoms with van der Waals surface area (Å²) in [5.41, 5.74) is 41.8. The van der Waals surface area contributed by atoms with Crippen LogP contribution in [0.2, 0.25) is 0 Å². The average molecular weight is 1710 g/mol. The average Bonchev–Trinajstić information content (AvgIpc) is 0.879. The van der Waals surface area contributed by atoms with E-state index in [2.05, 4.69) is 512 Å². The molecule has 0 bridgehead atoms. The number of aromatic nitrogens is 3. The number of hydrogen-bond acceptors (Lipinski definition) is 2. The maximum atomic E-state index is 2.66. The Balaban J connectivity index is 0.873. The van der Waals surface area contributed by atoms with Gasteiger partial charge < -0.3 is 23.5 Å². The van der Waals surface area contributed by atoms with Gasteiger partial charge >= 0.3 is 0 Å². The van der Waals surface area contributed by atoms with Crippen molar-refractivity contribution in [2.75, 3.05) is 9.80 Å². The molecule has 17 aromatic carbocycles. The van der Waals surface area contributed by atoms with E-state index < -0.39 is 0 Å². The summed E-state index contributed by atoms with van der Waals surface area (Å²) >= 11 is 0. The first-order valence-electron chi connectivity index (χ1n) is 47.3. The van der Waals surface area contributed by atoms with Crippen molar-refractivity contribution in [1.29, 1.82) is 0 Å². The van der Waals surface area contributed by atoms with Crippen LogP contribution in [0.25, 0.3) is 149 Å². The van der Waals surface area contributed by atoms with Crippen LogP contribution in [0.5, 0.6) is 0 Å². The van der Waals surface area contributed by atoms with Crippen LogP contribution in [-0.4, -0.2) is 20.4 Å². The van der Waals surface area contributed by atoms with Crippen LogP contribution in [0.15, 0.2) is 364 Å². The van der Waals surface area contributed by atoms with Gasteiger partial charge in [-0.15, -0.1) is 0 Å². The van der Waals surface area contributed by atoms with Crippen molar-refractivity contribution in [3.05, 3.63) is 397 Å². The van der Waals surface area contributed by atoms with E-state index in [9.17, 15) is 0 Å². The lowest BCUT2D eigenvalue weighted by Crippen LogP contribution is -2.61. The predicted molar refractivity (Wildman–Crippen MR) is 568 cm³/mol. The van der Waals surface area contributed by atoms with Gasteiger partial charge in [-0.05, 0) is 282 Å². The minimum absolute atomic E-state index is 0.0822. The first kappa shape index (κ1) is 83.4. The van der Waals surface area contributed by atoms with Gasteiger partial charge in [-0.2, -0.15) is 0 Å². The highest BCUT2D eigenvalue weighted by Crippen LogP contribution is 2.53. The molecule has 6 heteroatoms. The molecule has 0 radical (unpaired) electrons. The zero-order chi connectivity index (χ0) is 91.1. The Hall–Kier alpha value is -14.2. The summed E-state index contributed by atoms with van der Waals surface area (Å²) in [6, 6.07) is 141. The van der Waals surface area contributed by atoms with Crippen LogP contribution >= 0.6 is 0 Å². The third kappa shape index (κ3) is 14.0. The van der Waals surface area contributed by atoms with E-state index in [1.807, 2.05) is 0 Å². The maximum absolute atomic E-state index is 2.66. The van der Waals surface area contributed by atoms with Gasteiger partial charge in [0, 0.05) is 77.8 Å². The normalized spacial score (nSPS) is 13.2. The van der Waals surface area contributed by atoms with E-state index in [4.69, 9.17) is 0 Å². The molecular formula is C126H114BN5. The molecule has 0 unspecified atom stereocenters. The van der Waals surface area contributed by atoms with Crippen molar-refractivity contribution in [3.8, 4) is 83.8 Å². The summed E-state index contributed by atoms with van der Waals surface area (Å²) in [4.78, 5) is 5.33. The largest absolute Gasteiger partial charge is 0.311 e. The molecule has 0 saturated carbocycles. The highest BCUT2D eigenvalue weighted by molar-refractivity contribution is 7.00. The van der Waals surface area contributed by atoms with Gasteiger partial charge in [-0.25, -0.2) is 0 Å². The molecule has 2 aliphatic heterocycles. The molecular weight excluding hydrogens is 1590 g/mol. The Morgan fingerprint density at radius 3 is 0.652 bits per heavy atom. The minimum Gasteiger partial charge on any atom is -0.311 e. The van der Waals surface area contributed by atoms with Crippen molar-refractivity contribution in [2.45, 2.75) is 157 Å². The van der Waals surface area contributed by atoms with Crippen LogP contribution in [0.4, 0.5) is 34.1 Å². The molecule has 646 valence electrons. The topological polar surface area (TPSA) is 21.3 Å². The standard InChI is InChI=1S/C126H114BN5/c1-121(2,3)85-49-63-108-100(69-85)101-70-86(122(4,5)6)50-64-109(101)130(108)93-59-61-106-114(75-93)128(91-55-45-83(46-56-91)118-96(79-33-23-19-24-34-79)41-31-42-97(118)80-35-25-20-26-36-80)116-77-95(132-112-67-53-89(125(13,14)15)73-104(112)105-74-90(126(16,17)18)54-68-113(105)132)78-117-120(116)127(106)107-62-60-94(131-110-65-51-87(123(7,8)9)71-102(110)103-72-88(124(10,11)12)52-66-111(103)131)76-115(107)129(117)92-57-47-84(48-58-92)119-98(81-37-27-21-28-38-81)43-32-44-99(119)82-39-29-22-30-40-82/h19-78H,1-18H3. The highest BCUT2D eigenvalue weighted by atomic mass is 15.2. The molecule has 0 saturated heterocycles. The molecule has 0 spiro atoms. The van der Waals surface area contributed by atoms with E-state index in [1.54, 1.807) is 0 Å². The second kappa shape index (κ2) is 30.7. The molecule has 0 N–H and O–H groups in total. The van der Waals surface area contributed by atoms with Gasteiger partial charge in [-0.1, -0.05) is 355 Å². The number of hydrogen-bond donors (Lipinski definition) is 0. The van der Waals surface area contributed by atoms with E-state index in [0.29, 0.717) is 0 Å².